The van der Waals surface area contributed by atoms with Crippen LogP contribution in [0.4, 0.5) is 10.1 Å². The van der Waals surface area contributed by atoms with Crippen LogP contribution in [0.2, 0.25) is 0 Å². The molecule has 160 valence electrons. The molecule has 3 aromatic rings. The molecule has 2 atom stereocenters. The number of rotatable bonds is 3. The number of likely N-dealkylation sites (tertiary alicyclic amines) is 1. The fourth-order valence-electron chi connectivity index (χ4n) is 4.27. The summed E-state index contributed by atoms with van der Waals surface area (Å²) in [4.78, 5) is 32.7. The van der Waals surface area contributed by atoms with E-state index in [4.69, 9.17) is 0 Å². The van der Waals surface area contributed by atoms with E-state index in [2.05, 4.69) is 10.3 Å². The molecule has 1 fully saturated rings. The van der Waals surface area contributed by atoms with Gasteiger partial charge in [0.2, 0.25) is 11.8 Å². The average molecular weight is 420 g/mol. The predicted molar refractivity (Wildman–Crippen MR) is 119 cm³/mol. The van der Waals surface area contributed by atoms with E-state index in [1.807, 2.05) is 51.1 Å². The molecule has 6 heteroatoms. The third-order valence-corrected chi connectivity index (χ3v) is 5.74. The van der Waals surface area contributed by atoms with Gasteiger partial charge < -0.3 is 10.2 Å². The number of fused-ring (bicyclic) bond motifs is 1. The Bertz CT molecular complexity index is 1130. The van der Waals surface area contributed by atoms with Crippen LogP contribution in [0, 0.1) is 11.2 Å². The fraction of sp³-hybridized carbons (Fsp3) is 0.320. The summed E-state index contributed by atoms with van der Waals surface area (Å²) in [6.45, 7) is 5.97. The van der Waals surface area contributed by atoms with Crippen molar-refractivity contribution in [3.63, 3.8) is 0 Å². The Hall–Kier alpha value is -3.28. The molecule has 1 N–H and O–H groups in total. The van der Waals surface area contributed by atoms with Crippen LogP contribution >= 0.6 is 0 Å². The number of hydrogen-bond acceptors (Lipinski definition) is 3. The van der Waals surface area contributed by atoms with E-state index in [0.717, 1.165) is 10.9 Å². The second-order valence-corrected chi connectivity index (χ2v) is 9.01. The molecule has 4 rings (SSSR count). The molecule has 1 aliphatic heterocycles. The molecular weight excluding hydrogens is 393 g/mol. The lowest BCUT2D eigenvalue weighted by Crippen LogP contribution is -2.49. The highest BCUT2D eigenvalue weighted by atomic mass is 19.1. The third-order valence-electron chi connectivity index (χ3n) is 5.74. The van der Waals surface area contributed by atoms with Crippen LogP contribution in [0.1, 0.15) is 38.7 Å². The van der Waals surface area contributed by atoms with Crippen LogP contribution in [0.15, 0.2) is 60.8 Å². The van der Waals surface area contributed by atoms with Crippen molar-refractivity contribution in [1.82, 2.24) is 9.88 Å². The lowest BCUT2D eigenvalue weighted by molar-refractivity contribution is -0.143. The highest BCUT2D eigenvalue weighted by Crippen LogP contribution is 2.37. The number of hydrogen-bond donors (Lipinski definition) is 1. The molecule has 0 unspecified atom stereocenters. The SMILES string of the molecule is CC(C)(C)C(=O)N1CC[C@@H](c2cccc(F)c2)[C@H]1C(=O)Nc1cccc2cccnc12. The van der Waals surface area contributed by atoms with Crippen molar-refractivity contribution < 1.29 is 14.0 Å². The van der Waals surface area contributed by atoms with Crippen LogP contribution in [0.25, 0.3) is 10.9 Å². The van der Waals surface area contributed by atoms with Gasteiger partial charge in [-0.1, -0.05) is 51.1 Å². The quantitative estimate of drug-likeness (QED) is 0.667. The molecule has 31 heavy (non-hydrogen) atoms. The van der Waals surface area contributed by atoms with Gasteiger partial charge in [-0.3, -0.25) is 14.6 Å². The summed E-state index contributed by atoms with van der Waals surface area (Å²) < 4.78 is 13.9. The minimum atomic E-state index is -0.729. The first kappa shape index (κ1) is 21.0. The van der Waals surface area contributed by atoms with Gasteiger partial charge in [0.25, 0.3) is 0 Å². The molecule has 1 saturated heterocycles. The molecule has 2 heterocycles. The second kappa shape index (κ2) is 8.10. The van der Waals surface area contributed by atoms with Crippen molar-refractivity contribution in [2.24, 2.45) is 5.41 Å². The van der Waals surface area contributed by atoms with Gasteiger partial charge in [0, 0.05) is 29.5 Å². The van der Waals surface area contributed by atoms with Crippen LogP contribution in [0.5, 0.6) is 0 Å². The summed E-state index contributed by atoms with van der Waals surface area (Å²) in [5.74, 6) is -1.02. The van der Waals surface area contributed by atoms with Crippen molar-refractivity contribution in [2.75, 3.05) is 11.9 Å². The molecule has 0 radical (unpaired) electrons. The van der Waals surface area contributed by atoms with Gasteiger partial charge in [0.15, 0.2) is 0 Å². The maximum Gasteiger partial charge on any atom is 0.247 e. The third kappa shape index (κ3) is 4.15. The highest BCUT2D eigenvalue weighted by molar-refractivity contribution is 6.04. The minimum Gasteiger partial charge on any atom is -0.330 e. The lowest BCUT2D eigenvalue weighted by atomic mass is 9.89. The van der Waals surface area contributed by atoms with Gasteiger partial charge in [0.1, 0.15) is 11.9 Å². The second-order valence-electron chi connectivity index (χ2n) is 9.01. The highest BCUT2D eigenvalue weighted by Gasteiger charge is 2.45. The van der Waals surface area contributed by atoms with Crippen molar-refractivity contribution in [3.05, 3.63) is 72.2 Å². The Morgan fingerprint density at radius 3 is 2.58 bits per heavy atom. The van der Waals surface area contributed by atoms with Gasteiger partial charge in [-0.15, -0.1) is 0 Å². The van der Waals surface area contributed by atoms with Crippen LogP contribution < -0.4 is 5.32 Å². The van der Waals surface area contributed by atoms with E-state index in [9.17, 15) is 14.0 Å². The summed E-state index contributed by atoms with van der Waals surface area (Å²) in [5, 5.41) is 3.90. The summed E-state index contributed by atoms with van der Waals surface area (Å²) in [7, 11) is 0. The molecule has 0 saturated carbocycles. The Labute approximate surface area is 181 Å². The van der Waals surface area contributed by atoms with Crippen LogP contribution in [0.3, 0.4) is 0 Å². The monoisotopic (exact) mass is 419 g/mol. The zero-order valence-corrected chi connectivity index (χ0v) is 17.9. The van der Waals surface area contributed by atoms with Gasteiger partial charge in [0.05, 0.1) is 11.2 Å². The van der Waals surface area contributed by atoms with Gasteiger partial charge in [-0.05, 0) is 36.2 Å². The van der Waals surface area contributed by atoms with Gasteiger partial charge in [-0.25, -0.2) is 4.39 Å². The van der Waals surface area contributed by atoms with Gasteiger partial charge in [-0.2, -0.15) is 0 Å². The molecule has 2 amide bonds. The smallest absolute Gasteiger partial charge is 0.247 e. The molecule has 2 aromatic carbocycles. The number of halogens is 1. The lowest BCUT2D eigenvalue weighted by Gasteiger charge is -2.32. The number of carbonyl (C=O) groups is 2. The van der Waals surface area contributed by atoms with E-state index in [1.165, 1.54) is 12.1 Å². The van der Waals surface area contributed by atoms with E-state index >= 15 is 0 Å². The van der Waals surface area contributed by atoms with E-state index in [-0.39, 0.29) is 23.5 Å². The maximum absolute atomic E-state index is 13.9. The number of pyridine rings is 1. The molecule has 0 bridgehead atoms. The number of carbonyl (C=O) groups excluding carboxylic acids is 2. The Morgan fingerprint density at radius 1 is 1.10 bits per heavy atom. The zero-order valence-electron chi connectivity index (χ0n) is 17.9. The number of anilines is 1. The predicted octanol–water partition coefficient (Wildman–Crippen LogP) is 4.74. The summed E-state index contributed by atoms with van der Waals surface area (Å²) >= 11 is 0. The zero-order chi connectivity index (χ0) is 22.2. The molecule has 5 nitrogen and oxygen atoms in total. The standard InChI is InChI=1S/C25H26FN3O2/c1-25(2,3)24(31)29-14-12-19(17-8-4-10-18(26)15-17)22(29)23(30)28-20-11-5-7-16-9-6-13-27-21(16)20/h4-11,13,15,19,22H,12,14H2,1-3H3,(H,28,30)/t19-,22-/m0/s1. The van der Waals surface area contributed by atoms with Gasteiger partial charge >= 0.3 is 0 Å². The average Bonchev–Trinajstić information content (AvgIpc) is 3.18. The van der Waals surface area contributed by atoms with E-state index < -0.39 is 11.5 Å². The van der Waals surface area contributed by atoms with E-state index in [1.54, 1.807) is 23.2 Å². The van der Waals surface area contributed by atoms with Crippen molar-refractivity contribution in [3.8, 4) is 0 Å². The number of nitrogens with one attached hydrogen (secondary N) is 1. The summed E-state index contributed by atoms with van der Waals surface area (Å²) in [6, 6.07) is 14.9. The number of aromatic nitrogens is 1. The number of nitrogens with zero attached hydrogens (tertiary/aromatic N) is 2. The first-order valence-electron chi connectivity index (χ1n) is 10.5. The Kier molecular flexibility index (Phi) is 5.48. The Morgan fingerprint density at radius 2 is 1.84 bits per heavy atom. The maximum atomic E-state index is 13.9. The largest absolute Gasteiger partial charge is 0.330 e. The van der Waals surface area contributed by atoms with Crippen molar-refractivity contribution in [2.45, 2.75) is 39.2 Å². The first-order chi connectivity index (χ1) is 14.8. The first-order valence-corrected chi connectivity index (χ1v) is 10.5. The topological polar surface area (TPSA) is 62.3 Å². The molecule has 1 aliphatic rings. The minimum absolute atomic E-state index is 0.0948. The molecule has 0 spiro atoms. The number of amides is 2. The molecular formula is C25H26FN3O2. The summed E-state index contributed by atoms with van der Waals surface area (Å²) in [6.07, 6.45) is 2.27. The summed E-state index contributed by atoms with van der Waals surface area (Å²) in [5.41, 5.74) is 1.38. The molecule has 1 aromatic heterocycles. The van der Waals surface area contributed by atoms with Crippen LogP contribution in [-0.2, 0) is 9.59 Å². The Balaban J connectivity index is 1.71. The number of benzene rings is 2. The van der Waals surface area contributed by atoms with Crippen molar-refractivity contribution in [1.29, 1.82) is 0 Å². The molecule has 0 aliphatic carbocycles. The van der Waals surface area contributed by atoms with Crippen LogP contribution in [-0.4, -0.2) is 34.3 Å². The van der Waals surface area contributed by atoms with E-state index in [0.29, 0.717) is 24.2 Å². The normalized spacial score (nSPS) is 18.9. The fourth-order valence-corrected chi connectivity index (χ4v) is 4.27. The number of para-hydroxylation sites is 1. The van der Waals surface area contributed by atoms with Crippen molar-refractivity contribution >= 4 is 28.4 Å².